The summed E-state index contributed by atoms with van der Waals surface area (Å²) in [6.45, 7) is 6.65. The third-order valence-corrected chi connectivity index (χ3v) is 2.40. The fourth-order valence-electron chi connectivity index (χ4n) is 1.50. The average molecular weight is 316 g/mol. The van der Waals surface area contributed by atoms with Gasteiger partial charge in [-0.05, 0) is 27.7 Å². The van der Waals surface area contributed by atoms with Gasteiger partial charge in [0.2, 0.25) is 0 Å². The topological polar surface area (TPSA) is 111 Å². The number of hydroxylamine groups is 2. The largest absolute Gasteiger partial charge is 0.534 e. The van der Waals surface area contributed by atoms with E-state index in [1.54, 1.807) is 20.8 Å². The number of alkyl carbamates (subject to hydrolysis) is 1. The Morgan fingerprint density at radius 3 is 2.27 bits per heavy atom. The molecule has 0 aliphatic carbocycles. The van der Waals surface area contributed by atoms with Crippen molar-refractivity contribution in [2.24, 2.45) is 0 Å². The molecule has 0 bridgehead atoms. The van der Waals surface area contributed by atoms with Crippen molar-refractivity contribution in [3.05, 3.63) is 0 Å². The van der Waals surface area contributed by atoms with Crippen molar-refractivity contribution >= 4 is 24.1 Å². The fraction of sp³-hybridized carbons (Fsp3) is 0.692. The van der Waals surface area contributed by atoms with Crippen LogP contribution in [0.25, 0.3) is 0 Å². The van der Waals surface area contributed by atoms with Crippen LogP contribution >= 0.6 is 0 Å². The number of imide groups is 1. The van der Waals surface area contributed by atoms with Crippen molar-refractivity contribution < 1.29 is 33.5 Å². The predicted molar refractivity (Wildman–Crippen MR) is 72.4 cm³/mol. The molecule has 1 saturated heterocycles. The van der Waals surface area contributed by atoms with Gasteiger partial charge in [0.15, 0.2) is 0 Å². The number of nitrogens with one attached hydrogen (secondary N) is 1. The highest BCUT2D eigenvalue weighted by Gasteiger charge is 2.33. The lowest BCUT2D eigenvalue weighted by atomic mass is 10.2. The summed E-state index contributed by atoms with van der Waals surface area (Å²) in [5.74, 6) is -1.19. The summed E-state index contributed by atoms with van der Waals surface area (Å²) in [5, 5.41) is 2.80. The maximum Gasteiger partial charge on any atom is 0.534 e. The van der Waals surface area contributed by atoms with E-state index in [-0.39, 0.29) is 19.4 Å². The maximum absolute atomic E-state index is 11.4. The third-order valence-electron chi connectivity index (χ3n) is 2.40. The Balaban J connectivity index is 2.31. The van der Waals surface area contributed by atoms with Gasteiger partial charge >= 0.3 is 12.2 Å². The quantitative estimate of drug-likeness (QED) is 0.611. The highest BCUT2D eigenvalue weighted by atomic mass is 16.8. The number of carbonyl (C=O) groups is 4. The minimum atomic E-state index is -1.19. The second kappa shape index (κ2) is 7.10. The van der Waals surface area contributed by atoms with Crippen molar-refractivity contribution in [3.8, 4) is 0 Å². The molecule has 1 rings (SSSR count). The van der Waals surface area contributed by atoms with Gasteiger partial charge in [0.1, 0.15) is 11.7 Å². The monoisotopic (exact) mass is 316 g/mol. The standard InChI is InChI=1S/C13H20N2O7/c1-8(7-14-11(18)21-13(2,3)4)20-12(19)22-15-9(16)5-6-10(15)17/h8H,5-7H2,1-4H3,(H,14,18)/t8-/m1/s1. The molecule has 0 aromatic rings. The average Bonchev–Trinajstić information content (AvgIpc) is 2.66. The number of hydrogen-bond acceptors (Lipinski definition) is 7. The summed E-state index contributed by atoms with van der Waals surface area (Å²) in [4.78, 5) is 49.9. The number of carbonyl (C=O) groups excluding carboxylic acids is 4. The van der Waals surface area contributed by atoms with E-state index in [1.807, 2.05) is 0 Å². The molecule has 0 spiro atoms. The van der Waals surface area contributed by atoms with Crippen LogP contribution in [0.2, 0.25) is 0 Å². The molecule has 1 aliphatic rings. The molecule has 22 heavy (non-hydrogen) atoms. The summed E-state index contributed by atoms with van der Waals surface area (Å²) < 4.78 is 9.82. The molecule has 0 unspecified atom stereocenters. The summed E-state index contributed by atoms with van der Waals surface area (Å²) in [7, 11) is 0. The van der Waals surface area contributed by atoms with Gasteiger partial charge < -0.3 is 14.8 Å². The Labute approximate surface area is 127 Å². The predicted octanol–water partition coefficient (Wildman–Crippen LogP) is 1.12. The molecule has 1 heterocycles. The van der Waals surface area contributed by atoms with Crippen LogP contribution in [0.4, 0.5) is 9.59 Å². The van der Waals surface area contributed by atoms with Gasteiger partial charge in [-0.3, -0.25) is 14.4 Å². The number of nitrogens with zero attached hydrogens (tertiary/aromatic N) is 1. The zero-order chi connectivity index (χ0) is 16.9. The van der Waals surface area contributed by atoms with Gasteiger partial charge in [0, 0.05) is 12.8 Å². The highest BCUT2D eigenvalue weighted by Crippen LogP contribution is 2.13. The lowest BCUT2D eigenvalue weighted by Crippen LogP contribution is -2.38. The van der Waals surface area contributed by atoms with Crippen molar-refractivity contribution in [2.45, 2.75) is 52.2 Å². The molecule has 1 aliphatic heterocycles. The first-order valence-electron chi connectivity index (χ1n) is 6.79. The van der Waals surface area contributed by atoms with Gasteiger partial charge in [-0.2, -0.15) is 0 Å². The van der Waals surface area contributed by atoms with E-state index in [0.717, 1.165) is 0 Å². The SMILES string of the molecule is C[C@H](CNC(=O)OC(C)(C)C)OC(=O)ON1C(=O)CCC1=O. The van der Waals surface area contributed by atoms with E-state index in [2.05, 4.69) is 10.2 Å². The number of rotatable bonds is 4. The number of hydrogen-bond donors (Lipinski definition) is 1. The van der Waals surface area contributed by atoms with E-state index in [4.69, 9.17) is 9.47 Å². The maximum atomic E-state index is 11.4. The molecule has 1 fully saturated rings. The zero-order valence-electron chi connectivity index (χ0n) is 13.0. The highest BCUT2D eigenvalue weighted by molar-refractivity contribution is 6.01. The molecule has 1 N–H and O–H groups in total. The number of ether oxygens (including phenoxy) is 2. The van der Waals surface area contributed by atoms with Gasteiger partial charge in [-0.15, -0.1) is 0 Å². The first kappa shape index (κ1) is 17.7. The Hall–Kier alpha value is -2.32. The van der Waals surface area contributed by atoms with Crippen molar-refractivity contribution in [1.29, 1.82) is 0 Å². The summed E-state index contributed by atoms with van der Waals surface area (Å²) in [6, 6.07) is 0. The molecule has 9 heteroatoms. The Bertz CT molecular complexity index is 453. The minimum Gasteiger partial charge on any atom is -0.444 e. The molecule has 3 amide bonds. The molecule has 0 radical (unpaired) electrons. The fourth-order valence-corrected chi connectivity index (χ4v) is 1.50. The van der Waals surface area contributed by atoms with Crippen LogP contribution < -0.4 is 5.32 Å². The second-order valence-corrected chi connectivity index (χ2v) is 5.73. The molecule has 0 aromatic carbocycles. The summed E-state index contributed by atoms with van der Waals surface area (Å²) >= 11 is 0. The second-order valence-electron chi connectivity index (χ2n) is 5.73. The van der Waals surface area contributed by atoms with Gasteiger partial charge in [-0.1, -0.05) is 5.06 Å². The van der Waals surface area contributed by atoms with E-state index >= 15 is 0 Å². The van der Waals surface area contributed by atoms with Gasteiger partial charge in [0.05, 0.1) is 6.54 Å². The van der Waals surface area contributed by atoms with Gasteiger partial charge in [0.25, 0.3) is 11.8 Å². The van der Waals surface area contributed by atoms with Crippen LogP contribution in [0, 0.1) is 0 Å². The normalized spacial score (nSPS) is 16.3. The van der Waals surface area contributed by atoms with E-state index in [9.17, 15) is 19.2 Å². The van der Waals surface area contributed by atoms with E-state index in [0.29, 0.717) is 5.06 Å². The Morgan fingerprint density at radius 1 is 1.23 bits per heavy atom. The van der Waals surface area contributed by atoms with Crippen molar-refractivity contribution in [1.82, 2.24) is 10.4 Å². The molecule has 1 atom stereocenters. The first-order valence-corrected chi connectivity index (χ1v) is 6.79. The smallest absolute Gasteiger partial charge is 0.444 e. The van der Waals surface area contributed by atoms with Crippen LogP contribution in [0.3, 0.4) is 0 Å². The van der Waals surface area contributed by atoms with Crippen LogP contribution in [0.5, 0.6) is 0 Å². The Kier molecular flexibility index (Phi) is 5.72. The first-order chi connectivity index (χ1) is 10.1. The lowest BCUT2D eigenvalue weighted by Gasteiger charge is -2.21. The van der Waals surface area contributed by atoms with Crippen molar-refractivity contribution in [2.75, 3.05) is 6.54 Å². The van der Waals surface area contributed by atoms with Crippen LogP contribution in [-0.4, -0.2) is 47.4 Å². The van der Waals surface area contributed by atoms with E-state index < -0.39 is 35.8 Å². The van der Waals surface area contributed by atoms with Gasteiger partial charge in [-0.25, -0.2) is 9.59 Å². The summed E-state index contributed by atoms with van der Waals surface area (Å²) in [6.07, 6.45) is -2.57. The minimum absolute atomic E-state index is 0.00185. The third kappa shape index (κ3) is 5.98. The van der Waals surface area contributed by atoms with Crippen LogP contribution in [0.15, 0.2) is 0 Å². The molecular weight excluding hydrogens is 296 g/mol. The van der Waals surface area contributed by atoms with E-state index in [1.165, 1.54) is 6.92 Å². The zero-order valence-corrected chi connectivity index (χ0v) is 13.0. The van der Waals surface area contributed by atoms with Crippen LogP contribution in [-0.2, 0) is 23.9 Å². The lowest BCUT2D eigenvalue weighted by molar-refractivity contribution is -0.178. The number of amides is 3. The Morgan fingerprint density at radius 2 is 1.77 bits per heavy atom. The summed E-state index contributed by atoms with van der Waals surface area (Å²) in [5.41, 5.74) is -0.635. The molecule has 0 saturated carbocycles. The molecule has 124 valence electrons. The molecule has 9 nitrogen and oxygen atoms in total. The molecule has 0 aromatic heterocycles. The molecular formula is C13H20N2O7. The van der Waals surface area contributed by atoms with Crippen molar-refractivity contribution in [3.63, 3.8) is 0 Å². The van der Waals surface area contributed by atoms with Crippen LogP contribution in [0.1, 0.15) is 40.5 Å².